The van der Waals surface area contributed by atoms with Crippen molar-refractivity contribution in [1.82, 2.24) is 4.90 Å². The molecule has 0 aromatic carbocycles. The van der Waals surface area contributed by atoms with Gasteiger partial charge in [-0.3, -0.25) is 14.5 Å². The third-order valence-corrected chi connectivity index (χ3v) is 4.30. The van der Waals surface area contributed by atoms with Gasteiger partial charge in [0.25, 0.3) is 0 Å². The highest BCUT2D eigenvalue weighted by atomic mass is 16.2. The maximum Gasteiger partial charge on any atom is 0.229 e. The number of nitrogens with two attached hydrogens (primary N) is 1. The van der Waals surface area contributed by atoms with Gasteiger partial charge in [-0.1, -0.05) is 26.2 Å². The van der Waals surface area contributed by atoms with Crippen molar-refractivity contribution in [1.29, 1.82) is 0 Å². The maximum atomic E-state index is 11.9. The highest BCUT2D eigenvalue weighted by molar-refractivity contribution is 5.97. The van der Waals surface area contributed by atoms with Crippen molar-refractivity contribution < 1.29 is 9.59 Å². The molecule has 2 rings (SSSR count). The van der Waals surface area contributed by atoms with E-state index in [2.05, 4.69) is 0 Å². The second-order valence-corrected chi connectivity index (χ2v) is 5.97. The van der Waals surface area contributed by atoms with Gasteiger partial charge in [0.1, 0.15) is 0 Å². The number of imide groups is 1. The minimum Gasteiger partial charge on any atom is -0.326 e. The van der Waals surface area contributed by atoms with Crippen molar-refractivity contribution in [3.63, 3.8) is 0 Å². The molecule has 0 spiro atoms. The van der Waals surface area contributed by atoms with E-state index < -0.39 is 0 Å². The Morgan fingerprint density at radius 3 is 2.28 bits per heavy atom. The number of carbonyl (C=O) groups excluding carboxylic acids is 2. The van der Waals surface area contributed by atoms with Crippen LogP contribution in [0, 0.1) is 11.8 Å². The molecule has 2 amide bonds. The summed E-state index contributed by atoms with van der Waals surface area (Å²) in [5, 5.41) is 0. The molecule has 1 aliphatic heterocycles. The Labute approximate surface area is 109 Å². The molecule has 4 heteroatoms. The van der Waals surface area contributed by atoms with Crippen LogP contribution in [0.25, 0.3) is 0 Å². The summed E-state index contributed by atoms with van der Waals surface area (Å²) in [4.78, 5) is 25.2. The van der Waals surface area contributed by atoms with Crippen molar-refractivity contribution in [3.05, 3.63) is 0 Å². The predicted molar refractivity (Wildman–Crippen MR) is 69.7 cm³/mol. The number of carbonyl (C=O) groups is 2. The third-order valence-electron chi connectivity index (χ3n) is 4.30. The summed E-state index contributed by atoms with van der Waals surface area (Å²) in [5.41, 5.74) is 6.19. The Morgan fingerprint density at radius 1 is 1.17 bits per heavy atom. The van der Waals surface area contributed by atoms with Crippen LogP contribution in [0.15, 0.2) is 0 Å². The van der Waals surface area contributed by atoms with E-state index in [0.29, 0.717) is 25.3 Å². The number of amides is 2. The van der Waals surface area contributed by atoms with Crippen LogP contribution in [-0.4, -0.2) is 29.3 Å². The van der Waals surface area contributed by atoms with E-state index in [0.717, 1.165) is 12.8 Å². The first kappa shape index (κ1) is 13.5. The molecule has 2 aliphatic rings. The van der Waals surface area contributed by atoms with Gasteiger partial charge in [0.15, 0.2) is 0 Å². The minimum atomic E-state index is -0.0370. The van der Waals surface area contributed by atoms with Crippen LogP contribution in [0.4, 0.5) is 0 Å². The van der Waals surface area contributed by atoms with Crippen LogP contribution < -0.4 is 5.73 Å². The number of likely N-dealkylation sites (tertiary alicyclic amines) is 1. The Morgan fingerprint density at radius 2 is 1.72 bits per heavy atom. The summed E-state index contributed by atoms with van der Waals surface area (Å²) in [6.45, 7) is 2.38. The molecule has 0 aromatic rings. The molecule has 102 valence electrons. The lowest BCUT2D eigenvalue weighted by Crippen LogP contribution is -2.50. The number of hydrogen-bond donors (Lipinski definition) is 1. The molecule has 0 radical (unpaired) electrons. The second-order valence-electron chi connectivity index (χ2n) is 5.97. The molecule has 1 heterocycles. The standard InChI is InChI=1S/C14H24N2O2/c1-10-7-13(17)16(14(18)8-10)9-12(15)11-5-3-2-4-6-11/h10-12H,2-9,15H2,1H3. The number of rotatable bonds is 3. The third kappa shape index (κ3) is 3.10. The average molecular weight is 252 g/mol. The number of hydrogen-bond acceptors (Lipinski definition) is 3. The molecule has 1 saturated carbocycles. The van der Waals surface area contributed by atoms with Crippen molar-refractivity contribution >= 4 is 11.8 Å². The van der Waals surface area contributed by atoms with E-state index in [1.807, 2.05) is 6.92 Å². The SMILES string of the molecule is CC1CC(=O)N(CC(N)C2CCCCC2)C(=O)C1. The van der Waals surface area contributed by atoms with Crippen molar-refractivity contribution in [2.45, 2.75) is 57.9 Å². The molecule has 0 bridgehead atoms. The number of piperidine rings is 1. The van der Waals surface area contributed by atoms with Gasteiger partial charge in [0, 0.05) is 25.4 Å². The fourth-order valence-corrected chi connectivity index (χ4v) is 3.15. The second kappa shape index (κ2) is 5.83. The molecule has 1 saturated heterocycles. The Kier molecular flexibility index (Phi) is 4.38. The molecule has 2 fully saturated rings. The van der Waals surface area contributed by atoms with E-state index in [1.165, 1.54) is 24.2 Å². The molecular formula is C14H24N2O2. The summed E-state index contributed by atoms with van der Waals surface area (Å²) in [6.07, 6.45) is 7.03. The lowest BCUT2D eigenvalue weighted by atomic mass is 9.83. The van der Waals surface area contributed by atoms with E-state index >= 15 is 0 Å². The summed E-state index contributed by atoms with van der Waals surface area (Å²) in [7, 11) is 0. The highest BCUT2D eigenvalue weighted by Gasteiger charge is 2.33. The topological polar surface area (TPSA) is 63.4 Å². The molecular weight excluding hydrogens is 228 g/mol. The summed E-state index contributed by atoms with van der Waals surface area (Å²) >= 11 is 0. The van der Waals surface area contributed by atoms with Gasteiger partial charge in [0.2, 0.25) is 11.8 Å². The molecule has 1 aliphatic carbocycles. The fraction of sp³-hybridized carbons (Fsp3) is 0.857. The normalized spacial score (nSPS) is 25.6. The first-order chi connectivity index (χ1) is 8.58. The molecule has 0 aromatic heterocycles. The van der Waals surface area contributed by atoms with Gasteiger partial charge in [-0.05, 0) is 24.7 Å². The zero-order chi connectivity index (χ0) is 13.1. The van der Waals surface area contributed by atoms with Crippen LogP contribution >= 0.6 is 0 Å². The van der Waals surface area contributed by atoms with Crippen LogP contribution in [0.1, 0.15) is 51.9 Å². The molecule has 1 atom stereocenters. The predicted octanol–water partition coefficient (Wildman–Crippen LogP) is 1.68. The fourth-order valence-electron chi connectivity index (χ4n) is 3.15. The maximum absolute atomic E-state index is 11.9. The van der Waals surface area contributed by atoms with Crippen LogP contribution in [-0.2, 0) is 9.59 Å². The first-order valence-electron chi connectivity index (χ1n) is 7.16. The molecule has 4 nitrogen and oxygen atoms in total. The van der Waals surface area contributed by atoms with Gasteiger partial charge in [-0.2, -0.15) is 0 Å². The lowest BCUT2D eigenvalue weighted by Gasteiger charge is -2.34. The van der Waals surface area contributed by atoms with Crippen molar-refractivity contribution in [2.75, 3.05) is 6.54 Å². The lowest BCUT2D eigenvalue weighted by molar-refractivity contribution is -0.150. The average Bonchev–Trinajstić information content (AvgIpc) is 2.34. The Balaban J connectivity index is 1.91. The largest absolute Gasteiger partial charge is 0.326 e. The van der Waals surface area contributed by atoms with E-state index in [4.69, 9.17) is 5.73 Å². The van der Waals surface area contributed by atoms with E-state index in [-0.39, 0.29) is 23.8 Å². The Bertz CT molecular complexity index is 306. The van der Waals surface area contributed by atoms with Crippen molar-refractivity contribution in [2.24, 2.45) is 17.6 Å². The van der Waals surface area contributed by atoms with Gasteiger partial charge < -0.3 is 5.73 Å². The molecule has 18 heavy (non-hydrogen) atoms. The summed E-state index contributed by atoms with van der Waals surface area (Å²) < 4.78 is 0. The van der Waals surface area contributed by atoms with Crippen LogP contribution in [0.3, 0.4) is 0 Å². The van der Waals surface area contributed by atoms with Crippen LogP contribution in [0.2, 0.25) is 0 Å². The van der Waals surface area contributed by atoms with E-state index in [1.54, 1.807) is 0 Å². The first-order valence-corrected chi connectivity index (χ1v) is 7.16. The highest BCUT2D eigenvalue weighted by Crippen LogP contribution is 2.27. The minimum absolute atomic E-state index is 0.0355. The smallest absolute Gasteiger partial charge is 0.229 e. The number of nitrogens with zero attached hydrogens (tertiary/aromatic N) is 1. The molecule has 2 N–H and O–H groups in total. The zero-order valence-corrected chi connectivity index (χ0v) is 11.2. The monoisotopic (exact) mass is 252 g/mol. The van der Waals surface area contributed by atoms with Gasteiger partial charge in [0.05, 0.1) is 0 Å². The quantitative estimate of drug-likeness (QED) is 0.777. The van der Waals surface area contributed by atoms with Crippen LogP contribution in [0.5, 0.6) is 0 Å². The molecule has 1 unspecified atom stereocenters. The van der Waals surface area contributed by atoms with Gasteiger partial charge >= 0.3 is 0 Å². The van der Waals surface area contributed by atoms with Gasteiger partial charge in [-0.15, -0.1) is 0 Å². The van der Waals surface area contributed by atoms with E-state index in [9.17, 15) is 9.59 Å². The Hall–Kier alpha value is -0.900. The van der Waals surface area contributed by atoms with Crippen molar-refractivity contribution in [3.8, 4) is 0 Å². The summed E-state index contributed by atoms with van der Waals surface area (Å²) in [6, 6.07) is -0.0355. The zero-order valence-electron chi connectivity index (χ0n) is 11.2. The summed E-state index contributed by atoms with van der Waals surface area (Å²) in [5.74, 6) is 0.598. The van der Waals surface area contributed by atoms with Gasteiger partial charge in [-0.25, -0.2) is 0 Å².